The first kappa shape index (κ1) is 12.9. The summed E-state index contributed by atoms with van der Waals surface area (Å²) in [6, 6.07) is 7.33. The second-order valence-corrected chi connectivity index (χ2v) is 5.95. The van der Waals surface area contributed by atoms with Gasteiger partial charge in [-0.2, -0.15) is 0 Å². The number of hydrogen-bond acceptors (Lipinski definition) is 3. The SMILES string of the molecule is Cc1ccc2c(c1)CNC(C)CN2CC1CCCO1. The van der Waals surface area contributed by atoms with Gasteiger partial charge in [-0.25, -0.2) is 0 Å². The monoisotopic (exact) mass is 260 g/mol. The molecule has 0 spiro atoms. The Balaban J connectivity index is 1.84. The highest BCUT2D eigenvalue weighted by atomic mass is 16.5. The minimum absolute atomic E-state index is 0.416. The number of ether oxygens (including phenoxy) is 1. The number of fused-ring (bicyclic) bond motifs is 1. The molecular formula is C16H24N2O. The average Bonchev–Trinajstić information content (AvgIpc) is 2.83. The highest BCUT2D eigenvalue weighted by molar-refractivity contribution is 5.56. The van der Waals surface area contributed by atoms with Crippen LogP contribution in [-0.4, -0.2) is 31.8 Å². The molecule has 0 radical (unpaired) electrons. The molecule has 1 saturated heterocycles. The van der Waals surface area contributed by atoms with Crippen molar-refractivity contribution in [2.24, 2.45) is 0 Å². The number of anilines is 1. The predicted octanol–water partition coefficient (Wildman–Crippen LogP) is 2.47. The Labute approximate surface area is 115 Å². The zero-order valence-corrected chi connectivity index (χ0v) is 12.0. The standard InChI is InChI=1S/C16H24N2O/c1-12-5-6-16-14(8-12)9-17-13(2)10-18(16)11-15-4-3-7-19-15/h5-6,8,13,15,17H,3-4,7,9-11H2,1-2H3. The Bertz CT molecular complexity index is 440. The smallest absolute Gasteiger partial charge is 0.0750 e. The Morgan fingerprint density at radius 1 is 1.42 bits per heavy atom. The lowest BCUT2D eigenvalue weighted by atomic mass is 10.1. The molecule has 1 N–H and O–H groups in total. The summed E-state index contributed by atoms with van der Waals surface area (Å²) < 4.78 is 5.81. The molecule has 104 valence electrons. The maximum atomic E-state index is 5.81. The van der Waals surface area contributed by atoms with Gasteiger partial charge in [-0.15, -0.1) is 0 Å². The summed E-state index contributed by atoms with van der Waals surface area (Å²) in [6.45, 7) is 8.44. The third-order valence-corrected chi connectivity index (χ3v) is 4.16. The quantitative estimate of drug-likeness (QED) is 0.884. The molecular weight excluding hydrogens is 236 g/mol. The van der Waals surface area contributed by atoms with Crippen LogP contribution in [0.15, 0.2) is 18.2 Å². The lowest BCUT2D eigenvalue weighted by molar-refractivity contribution is 0.115. The van der Waals surface area contributed by atoms with Gasteiger partial charge in [0.2, 0.25) is 0 Å². The van der Waals surface area contributed by atoms with Crippen molar-refractivity contribution < 1.29 is 4.74 Å². The summed E-state index contributed by atoms with van der Waals surface area (Å²) in [6.07, 6.45) is 2.84. The molecule has 0 bridgehead atoms. The topological polar surface area (TPSA) is 24.5 Å². The molecule has 1 fully saturated rings. The van der Waals surface area contributed by atoms with Crippen molar-refractivity contribution in [3.63, 3.8) is 0 Å². The van der Waals surface area contributed by atoms with E-state index in [9.17, 15) is 0 Å². The molecule has 0 aliphatic carbocycles. The first-order valence-corrected chi connectivity index (χ1v) is 7.42. The van der Waals surface area contributed by atoms with Crippen LogP contribution in [0.3, 0.4) is 0 Å². The molecule has 19 heavy (non-hydrogen) atoms. The first-order chi connectivity index (χ1) is 9.22. The molecule has 0 saturated carbocycles. The number of nitrogens with zero attached hydrogens (tertiary/aromatic N) is 1. The summed E-state index contributed by atoms with van der Waals surface area (Å²) in [5.74, 6) is 0. The van der Waals surface area contributed by atoms with Crippen molar-refractivity contribution in [2.75, 3.05) is 24.6 Å². The minimum Gasteiger partial charge on any atom is -0.376 e. The van der Waals surface area contributed by atoms with E-state index in [4.69, 9.17) is 4.74 Å². The maximum absolute atomic E-state index is 5.81. The Hall–Kier alpha value is -1.06. The van der Waals surface area contributed by atoms with Gasteiger partial charge in [0.1, 0.15) is 0 Å². The average molecular weight is 260 g/mol. The van der Waals surface area contributed by atoms with Gasteiger partial charge >= 0.3 is 0 Å². The maximum Gasteiger partial charge on any atom is 0.0750 e. The van der Waals surface area contributed by atoms with Gasteiger partial charge in [0.25, 0.3) is 0 Å². The summed E-state index contributed by atoms with van der Waals surface area (Å²) >= 11 is 0. The van der Waals surface area contributed by atoms with Crippen molar-refractivity contribution in [3.8, 4) is 0 Å². The predicted molar refractivity (Wildman–Crippen MR) is 78.7 cm³/mol. The van der Waals surface area contributed by atoms with E-state index in [-0.39, 0.29) is 0 Å². The van der Waals surface area contributed by atoms with Gasteiger partial charge < -0.3 is 15.0 Å². The summed E-state index contributed by atoms with van der Waals surface area (Å²) in [7, 11) is 0. The number of rotatable bonds is 2. The highest BCUT2D eigenvalue weighted by Gasteiger charge is 2.24. The number of hydrogen-bond donors (Lipinski definition) is 1. The van der Waals surface area contributed by atoms with Crippen LogP contribution in [0.25, 0.3) is 0 Å². The number of benzene rings is 1. The zero-order valence-electron chi connectivity index (χ0n) is 12.0. The van der Waals surface area contributed by atoms with Gasteiger partial charge in [0.15, 0.2) is 0 Å². The van der Waals surface area contributed by atoms with Crippen LogP contribution in [0, 0.1) is 6.92 Å². The fourth-order valence-electron chi connectivity index (χ4n) is 3.15. The largest absolute Gasteiger partial charge is 0.376 e. The molecule has 3 rings (SSSR count). The van der Waals surface area contributed by atoms with Crippen LogP contribution in [0.5, 0.6) is 0 Å². The van der Waals surface area contributed by atoms with Crippen molar-refractivity contribution in [3.05, 3.63) is 29.3 Å². The second-order valence-electron chi connectivity index (χ2n) is 5.95. The van der Waals surface area contributed by atoms with E-state index >= 15 is 0 Å². The van der Waals surface area contributed by atoms with E-state index in [1.165, 1.54) is 29.7 Å². The molecule has 2 aliphatic rings. The van der Waals surface area contributed by atoms with Gasteiger partial charge in [-0.1, -0.05) is 17.7 Å². The highest BCUT2D eigenvalue weighted by Crippen LogP contribution is 2.26. The van der Waals surface area contributed by atoms with Gasteiger partial charge in [0, 0.05) is 38.0 Å². The molecule has 2 unspecified atom stereocenters. The van der Waals surface area contributed by atoms with E-state index in [0.717, 1.165) is 26.2 Å². The molecule has 0 aromatic heterocycles. The third-order valence-electron chi connectivity index (χ3n) is 4.16. The second kappa shape index (κ2) is 5.51. The van der Waals surface area contributed by atoms with Crippen LogP contribution in [-0.2, 0) is 11.3 Å². The van der Waals surface area contributed by atoms with E-state index in [1.54, 1.807) is 0 Å². The molecule has 3 nitrogen and oxygen atoms in total. The molecule has 2 atom stereocenters. The van der Waals surface area contributed by atoms with Crippen LogP contribution in [0.2, 0.25) is 0 Å². The summed E-state index contributed by atoms with van der Waals surface area (Å²) in [5, 5.41) is 3.60. The van der Waals surface area contributed by atoms with Crippen molar-refractivity contribution in [2.45, 2.75) is 45.4 Å². The molecule has 1 aromatic carbocycles. The number of aryl methyl sites for hydroxylation is 1. The van der Waals surface area contributed by atoms with Crippen molar-refractivity contribution >= 4 is 5.69 Å². The Kier molecular flexibility index (Phi) is 3.76. The summed E-state index contributed by atoms with van der Waals surface area (Å²) in [5.41, 5.74) is 4.15. The normalized spacial score (nSPS) is 27.2. The van der Waals surface area contributed by atoms with Crippen LogP contribution < -0.4 is 10.2 Å². The van der Waals surface area contributed by atoms with Crippen LogP contribution >= 0.6 is 0 Å². The van der Waals surface area contributed by atoms with Gasteiger partial charge in [-0.05, 0) is 38.3 Å². The lowest BCUT2D eigenvalue weighted by Gasteiger charge is -2.29. The third kappa shape index (κ3) is 2.93. The molecule has 3 heteroatoms. The van der Waals surface area contributed by atoms with Crippen LogP contribution in [0.4, 0.5) is 5.69 Å². The molecule has 2 aliphatic heterocycles. The fraction of sp³-hybridized carbons (Fsp3) is 0.625. The molecule has 1 aromatic rings. The molecule has 2 heterocycles. The first-order valence-electron chi connectivity index (χ1n) is 7.42. The van der Waals surface area contributed by atoms with Crippen LogP contribution in [0.1, 0.15) is 30.9 Å². The van der Waals surface area contributed by atoms with E-state index in [2.05, 4.69) is 42.3 Å². The summed E-state index contributed by atoms with van der Waals surface area (Å²) in [4.78, 5) is 2.51. The Morgan fingerprint density at radius 2 is 2.32 bits per heavy atom. The Morgan fingerprint density at radius 3 is 3.11 bits per heavy atom. The van der Waals surface area contributed by atoms with E-state index < -0.39 is 0 Å². The van der Waals surface area contributed by atoms with E-state index in [1.807, 2.05) is 0 Å². The zero-order chi connectivity index (χ0) is 13.2. The number of nitrogens with one attached hydrogen (secondary N) is 1. The van der Waals surface area contributed by atoms with Gasteiger partial charge in [-0.3, -0.25) is 0 Å². The van der Waals surface area contributed by atoms with Gasteiger partial charge in [0.05, 0.1) is 6.10 Å². The van der Waals surface area contributed by atoms with Crippen molar-refractivity contribution in [1.29, 1.82) is 0 Å². The van der Waals surface area contributed by atoms with E-state index in [0.29, 0.717) is 12.1 Å². The van der Waals surface area contributed by atoms with Crippen molar-refractivity contribution in [1.82, 2.24) is 5.32 Å². The lowest BCUT2D eigenvalue weighted by Crippen LogP contribution is -2.39. The molecule has 0 amide bonds. The fourth-order valence-corrected chi connectivity index (χ4v) is 3.15. The minimum atomic E-state index is 0.416.